The number of carboxylic acid groups (broad SMARTS) is 1. The molecule has 2 N–H and O–H groups in total. The van der Waals surface area contributed by atoms with Gasteiger partial charge in [0.2, 0.25) is 0 Å². The van der Waals surface area contributed by atoms with Gasteiger partial charge in [-0.15, -0.1) is 0 Å². The first-order chi connectivity index (χ1) is 15.5. The van der Waals surface area contributed by atoms with Crippen LogP contribution in [0, 0.1) is 17.2 Å². The summed E-state index contributed by atoms with van der Waals surface area (Å²) >= 11 is 0. The molecule has 0 atom stereocenters. The number of nitriles is 1. The van der Waals surface area contributed by atoms with Crippen LogP contribution in [0.2, 0.25) is 0 Å². The summed E-state index contributed by atoms with van der Waals surface area (Å²) in [5.41, 5.74) is 2.96. The van der Waals surface area contributed by atoms with E-state index < -0.39 is 11.9 Å². The van der Waals surface area contributed by atoms with Crippen LogP contribution in [-0.2, 0) is 19.2 Å². The summed E-state index contributed by atoms with van der Waals surface area (Å²) in [6, 6.07) is 9.40. The first kappa shape index (κ1) is 23.0. The lowest BCUT2D eigenvalue weighted by Gasteiger charge is -2.22. The van der Waals surface area contributed by atoms with Gasteiger partial charge in [-0.3, -0.25) is 4.79 Å². The second-order valence-corrected chi connectivity index (χ2v) is 7.43. The Hall–Kier alpha value is -3.70. The number of hydrogen-bond donors (Lipinski definition) is 2. The zero-order chi connectivity index (χ0) is 22.9. The van der Waals surface area contributed by atoms with Gasteiger partial charge in [0.15, 0.2) is 0 Å². The Morgan fingerprint density at radius 3 is 2.62 bits per heavy atom. The Labute approximate surface area is 186 Å². The van der Waals surface area contributed by atoms with Crippen molar-refractivity contribution in [3.63, 3.8) is 0 Å². The molecular weight excluding hydrogens is 410 g/mol. The van der Waals surface area contributed by atoms with E-state index in [-0.39, 0.29) is 17.3 Å². The summed E-state index contributed by atoms with van der Waals surface area (Å²) in [5, 5.41) is 25.2. The van der Waals surface area contributed by atoms with Gasteiger partial charge in [-0.25, -0.2) is 4.79 Å². The largest absolute Gasteiger partial charge is 0.477 e. The highest BCUT2D eigenvalue weighted by Gasteiger charge is 2.27. The molecule has 1 aromatic rings. The average Bonchev–Trinajstić information content (AvgIpc) is 2.83. The number of carboxylic acids is 1. The summed E-state index contributed by atoms with van der Waals surface area (Å²) in [6.07, 6.45) is 8.11. The highest BCUT2D eigenvalue weighted by molar-refractivity contribution is 6.40. The first-order valence-electron chi connectivity index (χ1n) is 10.4. The number of ether oxygens (including phenoxy) is 1. The number of carbonyl (C=O) groups excluding carboxylic acids is 1. The van der Waals surface area contributed by atoms with Crippen LogP contribution < -0.4 is 5.32 Å². The molecule has 1 amide bonds. The highest BCUT2D eigenvalue weighted by Crippen LogP contribution is 2.27. The third-order valence-electron chi connectivity index (χ3n) is 5.35. The van der Waals surface area contributed by atoms with Crippen LogP contribution in [0.5, 0.6) is 0 Å². The molecule has 3 rings (SSSR count). The van der Waals surface area contributed by atoms with Crippen LogP contribution >= 0.6 is 0 Å². The summed E-state index contributed by atoms with van der Waals surface area (Å²) in [4.78, 5) is 29.3. The second kappa shape index (κ2) is 11.1. The lowest BCUT2D eigenvalue weighted by Crippen LogP contribution is -2.39. The number of benzene rings is 1. The molecule has 1 fully saturated rings. The Kier molecular flexibility index (Phi) is 7.95. The van der Waals surface area contributed by atoms with Crippen molar-refractivity contribution in [2.75, 3.05) is 20.3 Å². The summed E-state index contributed by atoms with van der Waals surface area (Å²) in [6.45, 7) is 1.02. The third kappa shape index (κ3) is 5.71. The molecule has 0 radical (unpaired) electrons. The molecule has 0 spiro atoms. The van der Waals surface area contributed by atoms with Gasteiger partial charge < -0.3 is 20.0 Å². The lowest BCUT2D eigenvalue weighted by molar-refractivity contribution is -0.134. The minimum atomic E-state index is -1.27. The fourth-order valence-corrected chi connectivity index (χ4v) is 3.68. The Balaban J connectivity index is 1.80. The number of carbonyl (C=O) groups is 2. The number of hydrogen-bond acceptors (Lipinski definition) is 6. The monoisotopic (exact) mass is 435 g/mol. The van der Waals surface area contributed by atoms with Crippen LogP contribution in [-0.4, -0.2) is 43.0 Å². The predicted molar refractivity (Wildman–Crippen MR) is 119 cm³/mol. The van der Waals surface area contributed by atoms with E-state index in [1.54, 1.807) is 12.1 Å². The summed E-state index contributed by atoms with van der Waals surface area (Å²) in [5.74, 6) is -2.04. The van der Waals surface area contributed by atoms with E-state index in [1.807, 2.05) is 24.3 Å². The molecule has 32 heavy (non-hydrogen) atoms. The van der Waals surface area contributed by atoms with Gasteiger partial charge in [0.05, 0.1) is 6.07 Å². The molecule has 0 saturated carbocycles. The molecular formula is C24H25N3O5. The fourth-order valence-electron chi connectivity index (χ4n) is 3.68. The van der Waals surface area contributed by atoms with Gasteiger partial charge >= 0.3 is 5.97 Å². The van der Waals surface area contributed by atoms with Gasteiger partial charge in [-0.1, -0.05) is 41.6 Å². The van der Waals surface area contributed by atoms with Crippen molar-refractivity contribution in [3.05, 3.63) is 58.8 Å². The Morgan fingerprint density at radius 1 is 1.28 bits per heavy atom. The average molecular weight is 435 g/mol. The smallest absolute Gasteiger partial charge is 0.352 e. The maximum absolute atomic E-state index is 12.8. The van der Waals surface area contributed by atoms with Crippen LogP contribution in [0.1, 0.15) is 36.8 Å². The van der Waals surface area contributed by atoms with Crippen LogP contribution in [0.15, 0.2) is 52.8 Å². The topological polar surface area (TPSA) is 121 Å². The fraction of sp³-hybridized carbons (Fsp3) is 0.333. The molecule has 1 heterocycles. The van der Waals surface area contributed by atoms with E-state index in [0.29, 0.717) is 38.0 Å². The molecule has 166 valence electrons. The molecule has 0 unspecified atom stereocenters. The van der Waals surface area contributed by atoms with E-state index in [0.717, 1.165) is 23.1 Å². The molecule has 8 nitrogen and oxygen atoms in total. The summed E-state index contributed by atoms with van der Waals surface area (Å²) in [7, 11) is 1.34. The zero-order valence-electron chi connectivity index (χ0n) is 17.8. The molecule has 1 aliphatic carbocycles. The number of aliphatic carboxylic acids is 1. The SMILES string of the molecule is CO/N=C(\C(=O)N/C(=C/c1ccc(C2=C(C#N)CCC=C2)cc1)C(=O)O)C1CCOCC1. The van der Waals surface area contributed by atoms with Gasteiger partial charge in [0.25, 0.3) is 5.91 Å². The minimum Gasteiger partial charge on any atom is -0.477 e. The van der Waals surface area contributed by atoms with Crippen molar-refractivity contribution >= 4 is 29.2 Å². The molecule has 1 aromatic carbocycles. The molecule has 8 heteroatoms. The molecule has 0 bridgehead atoms. The molecule has 1 aliphatic heterocycles. The normalized spacial score (nSPS) is 17.6. The van der Waals surface area contributed by atoms with Crippen LogP contribution in [0.4, 0.5) is 0 Å². The van der Waals surface area contributed by atoms with E-state index in [4.69, 9.17) is 9.57 Å². The van der Waals surface area contributed by atoms with Crippen molar-refractivity contribution in [2.24, 2.45) is 11.1 Å². The number of rotatable bonds is 7. The van der Waals surface area contributed by atoms with E-state index in [9.17, 15) is 20.0 Å². The van der Waals surface area contributed by atoms with E-state index in [1.165, 1.54) is 13.2 Å². The van der Waals surface area contributed by atoms with Gasteiger partial charge in [0, 0.05) is 24.7 Å². The number of nitrogens with one attached hydrogen (secondary N) is 1. The third-order valence-corrected chi connectivity index (χ3v) is 5.35. The first-order valence-corrected chi connectivity index (χ1v) is 10.4. The predicted octanol–water partition coefficient (Wildman–Crippen LogP) is 3.28. The number of oxime groups is 1. The molecule has 0 aromatic heterocycles. The van der Waals surface area contributed by atoms with Crippen LogP contribution in [0.3, 0.4) is 0 Å². The zero-order valence-corrected chi connectivity index (χ0v) is 17.8. The van der Waals surface area contributed by atoms with Gasteiger partial charge in [-0.2, -0.15) is 5.26 Å². The van der Waals surface area contributed by atoms with Crippen LogP contribution in [0.25, 0.3) is 11.6 Å². The van der Waals surface area contributed by atoms with E-state index >= 15 is 0 Å². The van der Waals surface area contributed by atoms with Gasteiger partial charge in [-0.05, 0) is 48.5 Å². The van der Waals surface area contributed by atoms with Crippen molar-refractivity contribution < 1.29 is 24.3 Å². The Bertz CT molecular complexity index is 1020. The number of nitrogens with zero attached hydrogens (tertiary/aromatic N) is 2. The maximum atomic E-state index is 12.8. The van der Waals surface area contributed by atoms with Crippen molar-refractivity contribution in [1.82, 2.24) is 5.32 Å². The van der Waals surface area contributed by atoms with E-state index in [2.05, 4.69) is 16.5 Å². The quantitative estimate of drug-likeness (QED) is 0.385. The Morgan fingerprint density at radius 2 is 2.00 bits per heavy atom. The highest BCUT2D eigenvalue weighted by atomic mass is 16.6. The van der Waals surface area contributed by atoms with Crippen molar-refractivity contribution in [1.29, 1.82) is 5.26 Å². The van der Waals surface area contributed by atoms with Crippen molar-refractivity contribution in [3.8, 4) is 6.07 Å². The lowest BCUT2D eigenvalue weighted by atomic mass is 9.92. The number of amides is 1. The molecule has 2 aliphatic rings. The van der Waals surface area contributed by atoms with Crippen molar-refractivity contribution in [2.45, 2.75) is 25.7 Å². The van der Waals surface area contributed by atoms with Gasteiger partial charge in [0.1, 0.15) is 18.5 Å². The minimum absolute atomic E-state index is 0.151. The maximum Gasteiger partial charge on any atom is 0.352 e. The number of allylic oxidation sites excluding steroid dienone is 4. The standard InChI is InChI=1S/C24H25N3O5/c1-31-27-22(18-10-12-32-13-11-18)23(28)26-21(24(29)30)14-16-6-8-17(9-7-16)20-5-3-2-4-19(20)15-25/h3,5-9,14,18H,2,4,10-13H2,1H3,(H,26,28)(H,29,30)/b21-14+,27-22-. The second-order valence-electron chi connectivity index (χ2n) is 7.43. The summed E-state index contributed by atoms with van der Waals surface area (Å²) < 4.78 is 5.32. The molecule has 1 saturated heterocycles.